The monoisotopic (exact) mass is 266 g/mol. The van der Waals surface area contributed by atoms with E-state index in [1.165, 1.54) is 6.07 Å². The lowest BCUT2D eigenvalue weighted by Crippen LogP contribution is -2.55. The van der Waals surface area contributed by atoms with E-state index in [1.807, 2.05) is 6.07 Å². The Labute approximate surface area is 116 Å². The average Bonchev–Trinajstić information content (AvgIpc) is 2.36. The number of halogens is 1. The van der Waals surface area contributed by atoms with Crippen LogP contribution in [-0.4, -0.2) is 30.1 Å². The average molecular weight is 266 g/mol. The summed E-state index contributed by atoms with van der Waals surface area (Å²) in [6.07, 6.45) is 0.759. The molecule has 0 aliphatic heterocycles. The number of hydrogen-bond acceptors (Lipinski definition) is 2. The molecule has 0 saturated carbocycles. The van der Waals surface area contributed by atoms with Crippen LogP contribution in [0.1, 0.15) is 33.3 Å². The van der Waals surface area contributed by atoms with Gasteiger partial charge in [0.25, 0.3) is 0 Å². The van der Waals surface area contributed by atoms with Crippen LogP contribution in [0.3, 0.4) is 0 Å². The summed E-state index contributed by atoms with van der Waals surface area (Å²) in [4.78, 5) is 2.32. The van der Waals surface area contributed by atoms with Crippen molar-refractivity contribution in [3.63, 3.8) is 0 Å². The maximum absolute atomic E-state index is 13.3. The molecule has 2 N–H and O–H groups in total. The van der Waals surface area contributed by atoms with E-state index in [0.29, 0.717) is 18.5 Å². The van der Waals surface area contributed by atoms with Crippen LogP contribution in [0.5, 0.6) is 0 Å². The van der Waals surface area contributed by atoms with Gasteiger partial charge in [0.2, 0.25) is 0 Å². The lowest BCUT2D eigenvalue weighted by Gasteiger charge is -2.43. The predicted molar refractivity (Wildman–Crippen MR) is 79.6 cm³/mol. The summed E-state index contributed by atoms with van der Waals surface area (Å²) in [6, 6.07) is 7.23. The van der Waals surface area contributed by atoms with Crippen molar-refractivity contribution in [3.05, 3.63) is 35.6 Å². The van der Waals surface area contributed by atoms with Gasteiger partial charge in [-0.05, 0) is 50.9 Å². The zero-order chi connectivity index (χ0) is 14.6. The van der Waals surface area contributed by atoms with Crippen molar-refractivity contribution in [2.75, 3.05) is 13.6 Å². The van der Waals surface area contributed by atoms with E-state index in [2.05, 4.69) is 39.6 Å². The highest BCUT2D eigenvalue weighted by atomic mass is 19.1. The molecule has 0 bridgehead atoms. The van der Waals surface area contributed by atoms with Gasteiger partial charge in [-0.2, -0.15) is 0 Å². The SMILES string of the molecule is CC(C)C(C)N(C)C(C)(CN)Cc1cccc(F)c1. The summed E-state index contributed by atoms with van der Waals surface area (Å²) in [5, 5.41) is 0. The van der Waals surface area contributed by atoms with E-state index in [0.717, 1.165) is 12.0 Å². The fourth-order valence-corrected chi connectivity index (χ4v) is 2.37. The van der Waals surface area contributed by atoms with Crippen molar-refractivity contribution >= 4 is 0 Å². The highest BCUT2D eigenvalue weighted by Crippen LogP contribution is 2.24. The maximum atomic E-state index is 13.3. The second kappa shape index (κ2) is 6.49. The van der Waals surface area contributed by atoms with Crippen molar-refractivity contribution in [2.24, 2.45) is 11.7 Å². The van der Waals surface area contributed by atoms with Crippen molar-refractivity contribution in [3.8, 4) is 0 Å². The molecule has 3 heteroatoms. The summed E-state index contributed by atoms with van der Waals surface area (Å²) >= 11 is 0. The van der Waals surface area contributed by atoms with Crippen molar-refractivity contribution in [2.45, 2.75) is 45.7 Å². The van der Waals surface area contributed by atoms with Gasteiger partial charge in [-0.25, -0.2) is 4.39 Å². The molecule has 1 rings (SSSR count). The van der Waals surface area contributed by atoms with E-state index in [1.54, 1.807) is 12.1 Å². The zero-order valence-electron chi connectivity index (χ0n) is 12.8. The Kier molecular flexibility index (Phi) is 5.50. The quantitative estimate of drug-likeness (QED) is 0.857. The Morgan fingerprint density at radius 3 is 2.42 bits per heavy atom. The molecule has 2 atom stereocenters. The first-order chi connectivity index (χ1) is 8.80. The first kappa shape index (κ1) is 16.1. The molecular weight excluding hydrogens is 239 g/mol. The van der Waals surface area contributed by atoms with Gasteiger partial charge >= 0.3 is 0 Å². The fourth-order valence-electron chi connectivity index (χ4n) is 2.37. The highest BCUT2D eigenvalue weighted by molar-refractivity contribution is 5.19. The molecule has 0 radical (unpaired) electrons. The Balaban J connectivity index is 2.91. The lowest BCUT2D eigenvalue weighted by atomic mass is 9.88. The van der Waals surface area contributed by atoms with Crippen LogP contribution in [0.15, 0.2) is 24.3 Å². The Morgan fingerprint density at radius 2 is 1.95 bits per heavy atom. The third-order valence-electron chi connectivity index (χ3n) is 4.34. The molecule has 0 aromatic heterocycles. The topological polar surface area (TPSA) is 29.3 Å². The molecule has 2 unspecified atom stereocenters. The van der Waals surface area contributed by atoms with Crippen molar-refractivity contribution in [1.29, 1.82) is 0 Å². The van der Waals surface area contributed by atoms with E-state index < -0.39 is 0 Å². The van der Waals surface area contributed by atoms with E-state index in [-0.39, 0.29) is 11.4 Å². The minimum Gasteiger partial charge on any atom is -0.329 e. The molecule has 0 amide bonds. The minimum atomic E-state index is -0.184. The fraction of sp³-hybridized carbons (Fsp3) is 0.625. The van der Waals surface area contributed by atoms with Gasteiger partial charge in [0, 0.05) is 18.1 Å². The molecular formula is C16H27FN2. The number of nitrogens with zero attached hydrogens (tertiary/aromatic N) is 1. The maximum Gasteiger partial charge on any atom is 0.123 e. The molecule has 0 aliphatic rings. The number of hydrogen-bond donors (Lipinski definition) is 1. The van der Waals surface area contributed by atoms with Gasteiger partial charge in [0.1, 0.15) is 5.82 Å². The zero-order valence-corrected chi connectivity index (χ0v) is 12.8. The van der Waals surface area contributed by atoms with Crippen molar-refractivity contribution in [1.82, 2.24) is 4.90 Å². The summed E-state index contributed by atoms with van der Waals surface area (Å²) in [5.74, 6) is 0.375. The molecule has 0 heterocycles. The van der Waals surface area contributed by atoms with Gasteiger partial charge in [0.05, 0.1) is 0 Å². The Bertz CT molecular complexity index is 405. The van der Waals surface area contributed by atoms with Crippen LogP contribution in [0.25, 0.3) is 0 Å². The number of rotatable bonds is 6. The van der Waals surface area contributed by atoms with Gasteiger partial charge in [-0.1, -0.05) is 26.0 Å². The Hall–Kier alpha value is -0.930. The van der Waals surface area contributed by atoms with E-state index >= 15 is 0 Å². The molecule has 19 heavy (non-hydrogen) atoms. The third kappa shape index (κ3) is 4.02. The number of benzene rings is 1. The van der Waals surface area contributed by atoms with Crippen molar-refractivity contribution < 1.29 is 4.39 Å². The molecule has 0 fully saturated rings. The van der Waals surface area contributed by atoms with Crippen LogP contribution in [-0.2, 0) is 6.42 Å². The van der Waals surface area contributed by atoms with Crippen LogP contribution in [0, 0.1) is 11.7 Å². The summed E-state index contributed by atoms with van der Waals surface area (Å²) < 4.78 is 13.3. The molecule has 0 spiro atoms. The van der Waals surface area contributed by atoms with Gasteiger partial charge in [-0.3, -0.25) is 4.90 Å². The normalized spacial score (nSPS) is 16.7. The smallest absolute Gasteiger partial charge is 0.123 e. The first-order valence-electron chi connectivity index (χ1n) is 6.97. The summed E-state index contributed by atoms with van der Waals surface area (Å²) in [7, 11) is 2.11. The first-order valence-corrected chi connectivity index (χ1v) is 6.97. The van der Waals surface area contributed by atoms with E-state index in [4.69, 9.17) is 5.73 Å². The second-order valence-electron chi connectivity index (χ2n) is 6.10. The summed E-state index contributed by atoms with van der Waals surface area (Å²) in [6.45, 7) is 9.33. The van der Waals surface area contributed by atoms with Gasteiger partial charge in [-0.15, -0.1) is 0 Å². The molecule has 1 aromatic rings. The second-order valence-corrected chi connectivity index (χ2v) is 6.10. The van der Waals surface area contributed by atoms with Crippen LogP contribution in [0.4, 0.5) is 4.39 Å². The van der Waals surface area contributed by atoms with Crippen LogP contribution < -0.4 is 5.73 Å². The predicted octanol–water partition coefficient (Wildman–Crippen LogP) is 3.06. The Morgan fingerprint density at radius 1 is 1.32 bits per heavy atom. The molecule has 2 nitrogen and oxygen atoms in total. The molecule has 1 aromatic carbocycles. The van der Waals surface area contributed by atoms with E-state index in [9.17, 15) is 4.39 Å². The van der Waals surface area contributed by atoms with Gasteiger partial charge < -0.3 is 5.73 Å². The molecule has 0 aliphatic carbocycles. The number of likely N-dealkylation sites (N-methyl/N-ethyl adjacent to an activating group) is 1. The lowest BCUT2D eigenvalue weighted by molar-refractivity contribution is 0.0766. The molecule has 0 saturated heterocycles. The highest BCUT2D eigenvalue weighted by Gasteiger charge is 2.32. The van der Waals surface area contributed by atoms with Gasteiger partial charge in [0.15, 0.2) is 0 Å². The van der Waals surface area contributed by atoms with Crippen LogP contribution in [0.2, 0.25) is 0 Å². The standard InChI is InChI=1S/C16H27FN2/c1-12(2)13(3)19(5)16(4,11-18)10-14-7-6-8-15(17)9-14/h6-9,12-13H,10-11,18H2,1-5H3. The van der Waals surface area contributed by atoms with Crippen LogP contribution >= 0.6 is 0 Å². The third-order valence-corrected chi connectivity index (χ3v) is 4.34. The number of nitrogens with two attached hydrogens (primary N) is 1. The molecule has 108 valence electrons. The minimum absolute atomic E-state index is 0.155. The summed E-state index contributed by atoms with van der Waals surface area (Å²) in [5.41, 5.74) is 6.84. The largest absolute Gasteiger partial charge is 0.329 e.